The molecule has 0 bridgehead atoms. The number of nitrogens with zero attached hydrogens (tertiary/aromatic N) is 6. The molecule has 0 aliphatic carbocycles. The Hall–Kier alpha value is -2.19. The first-order valence-corrected chi connectivity index (χ1v) is 12.4. The molecule has 8 heteroatoms. The zero-order valence-electron chi connectivity index (χ0n) is 19.7. The molecule has 2 heterocycles. The third-order valence-electron chi connectivity index (χ3n) is 6.05. The van der Waals surface area contributed by atoms with Crippen molar-refractivity contribution in [1.82, 2.24) is 14.9 Å². The van der Waals surface area contributed by atoms with Crippen LogP contribution in [0.4, 0.5) is 17.6 Å². The minimum atomic E-state index is 0.167. The lowest BCUT2D eigenvalue weighted by atomic mass is 10.1. The van der Waals surface area contributed by atoms with Crippen LogP contribution in [0.25, 0.3) is 0 Å². The number of Topliss-reactive ketones (excluding diaryl/α,β-unsaturated/α-hetero) is 1. The average molecular weight is 503 g/mol. The number of rotatable bonds is 10. The lowest BCUT2D eigenvalue weighted by Gasteiger charge is -2.36. The largest absolute Gasteiger partial charge is 0.357 e. The first kappa shape index (κ1) is 24.5. The molecule has 32 heavy (non-hydrogen) atoms. The van der Waals surface area contributed by atoms with Crippen LogP contribution in [0.5, 0.6) is 0 Å². The van der Waals surface area contributed by atoms with E-state index in [4.69, 9.17) is 9.97 Å². The second-order valence-corrected chi connectivity index (χ2v) is 8.84. The number of carbonyl (C=O) groups excluding carboxylic acids is 1. The molecule has 174 valence electrons. The standard InChI is InChI=1S/C24H35BrN6O/c1-5-29(6-2)22-17-23(27-24(26-22)30(7-3)8-4)31-15-13-28(14-16-31)18-21(32)19-9-11-20(25)12-10-19/h9-12,17H,5-8,13-16,18H2,1-4H3. The second-order valence-electron chi connectivity index (χ2n) is 7.92. The van der Waals surface area contributed by atoms with Gasteiger partial charge in [-0.25, -0.2) is 0 Å². The summed E-state index contributed by atoms with van der Waals surface area (Å²) < 4.78 is 0.987. The van der Waals surface area contributed by atoms with Gasteiger partial charge in [-0.05, 0) is 39.8 Å². The summed E-state index contributed by atoms with van der Waals surface area (Å²) in [6.07, 6.45) is 0. The van der Waals surface area contributed by atoms with E-state index in [-0.39, 0.29) is 5.78 Å². The van der Waals surface area contributed by atoms with Crippen LogP contribution in [-0.2, 0) is 0 Å². The molecule has 0 saturated carbocycles. The summed E-state index contributed by atoms with van der Waals surface area (Å²) in [6, 6.07) is 9.71. The SMILES string of the molecule is CCN(CC)c1cc(N2CCN(CC(=O)c3ccc(Br)cc3)CC2)nc(N(CC)CC)n1. The van der Waals surface area contributed by atoms with Crippen LogP contribution in [0.2, 0.25) is 0 Å². The number of benzene rings is 1. The smallest absolute Gasteiger partial charge is 0.229 e. The third-order valence-corrected chi connectivity index (χ3v) is 6.58. The molecule has 7 nitrogen and oxygen atoms in total. The van der Waals surface area contributed by atoms with Gasteiger partial charge in [-0.2, -0.15) is 9.97 Å². The van der Waals surface area contributed by atoms with Crippen molar-refractivity contribution < 1.29 is 4.79 Å². The van der Waals surface area contributed by atoms with E-state index in [0.717, 1.165) is 80.0 Å². The average Bonchev–Trinajstić information content (AvgIpc) is 2.81. The Bertz CT molecular complexity index is 844. The summed E-state index contributed by atoms with van der Waals surface area (Å²) in [6.45, 7) is 16.0. The van der Waals surface area contributed by atoms with Gasteiger partial charge in [0, 0.05) is 68.5 Å². The molecule has 0 amide bonds. The minimum Gasteiger partial charge on any atom is -0.357 e. The predicted octanol–water partition coefficient (Wildman–Crippen LogP) is 3.94. The van der Waals surface area contributed by atoms with Crippen LogP contribution in [0.3, 0.4) is 0 Å². The van der Waals surface area contributed by atoms with Crippen LogP contribution >= 0.6 is 15.9 Å². The Morgan fingerprint density at radius 1 is 0.906 bits per heavy atom. The summed E-state index contributed by atoms with van der Waals surface area (Å²) in [5.74, 6) is 2.92. The molecule has 0 spiro atoms. The minimum absolute atomic E-state index is 0.167. The van der Waals surface area contributed by atoms with Gasteiger partial charge in [-0.15, -0.1) is 0 Å². The van der Waals surface area contributed by atoms with Crippen molar-refractivity contribution in [2.24, 2.45) is 0 Å². The third kappa shape index (κ3) is 5.98. The maximum Gasteiger partial charge on any atom is 0.229 e. The lowest BCUT2D eigenvalue weighted by molar-refractivity contribution is 0.0926. The van der Waals surface area contributed by atoms with Crippen molar-refractivity contribution in [2.45, 2.75) is 27.7 Å². The van der Waals surface area contributed by atoms with Crippen LogP contribution in [0, 0.1) is 0 Å². The number of anilines is 3. The highest BCUT2D eigenvalue weighted by molar-refractivity contribution is 9.10. The molecule has 0 N–H and O–H groups in total. The van der Waals surface area contributed by atoms with E-state index in [2.05, 4.69) is 69.3 Å². The quantitative estimate of drug-likeness (QED) is 0.456. The van der Waals surface area contributed by atoms with Gasteiger partial charge >= 0.3 is 0 Å². The van der Waals surface area contributed by atoms with Gasteiger partial charge in [0.15, 0.2) is 5.78 Å². The molecule has 1 aliphatic heterocycles. The van der Waals surface area contributed by atoms with Gasteiger partial charge in [0.2, 0.25) is 5.95 Å². The molecule has 2 aromatic rings. The van der Waals surface area contributed by atoms with Crippen molar-refractivity contribution in [3.8, 4) is 0 Å². The lowest BCUT2D eigenvalue weighted by Crippen LogP contribution is -2.48. The Morgan fingerprint density at radius 3 is 2.06 bits per heavy atom. The summed E-state index contributed by atoms with van der Waals surface area (Å²) in [5, 5.41) is 0. The number of hydrogen-bond acceptors (Lipinski definition) is 7. The summed E-state index contributed by atoms with van der Waals surface area (Å²) >= 11 is 3.42. The van der Waals surface area contributed by atoms with E-state index < -0.39 is 0 Å². The van der Waals surface area contributed by atoms with Crippen molar-refractivity contribution in [3.05, 3.63) is 40.4 Å². The maximum atomic E-state index is 12.6. The first-order chi connectivity index (χ1) is 15.5. The Balaban J connectivity index is 1.70. The van der Waals surface area contributed by atoms with Gasteiger partial charge in [0.25, 0.3) is 0 Å². The van der Waals surface area contributed by atoms with E-state index in [1.165, 1.54) is 0 Å². The van der Waals surface area contributed by atoms with Crippen LogP contribution in [0.15, 0.2) is 34.8 Å². The van der Waals surface area contributed by atoms with Gasteiger partial charge in [0.1, 0.15) is 11.6 Å². The number of aromatic nitrogens is 2. The Labute approximate surface area is 200 Å². The molecule has 0 radical (unpaired) electrons. The topological polar surface area (TPSA) is 55.8 Å². The fourth-order valence-electron chi connectivity index (χ4n) is 3.99. The molecule has 0 unspecified atom stereocenters. The summed E-state index contributed by atoms with van der Waals surface area (Å²) in [7, 11) is 0. The van der Waals surface area contributed by atoms with Gasteiger partial charge in [-0.3, -0.25) is 9.69 Å². The Morgan fingerprint density at radius 2 is 1.50 bits per heavy atom. The fourth-order valence-corrected chi connectivity index (χ4v) is 4.26. The zero-order chi connectivity index (χ0) is 23.1. The molecule has 1 fully saturated rings. The number of halogens is 1. The monoisotopic (exact) mass is 502 g/mol. The highest BCUT2D eigenvalue weighted by atomic mass is 79.9. The van der Waals surface area contributed by atoms with Gasteiger partial charge in [0.05, 0.1) is 6.54 Å². The molecule has 1 saturated heterocycles. The van der Waals surface area contributed by atoms with Crippen LogP contribution in [0.1, 0.15) is 38.1 Å². The molecule has 0 atom stereocenters. The van der Waals surface area contributed by atoms with E-state index in [9.17, 15) is 4.79 Å². The first-order valence-electron chi connectivity index (χ1n) is 11.6. The molecular formula is C24H35BrN6O. The molecule has 1 aliphatic rings. The molecule has 3 rings (SSSR count). The number of carbonyl (C=O) groups is 1. The van der Waals surface area contributed by atoms with Crippen molar-refractivity contribution >= 4 is 39.3 Å². The highest BCUT2D eigenvalue weighted by Gasteiger charge is 2.23. The highest BCUT2D eigenvalue weighted by Crippen LogP contribution is 2.24. The normalized spacial score (nSPS) is 14.5. The summed E-state index contributed by atoms with van der Waals surface area (Å²) in [5.41, 5.74) is 0.763. The van der Waals surface area contributed by atoms with Crippen molar-refractivity contribution in [2.75, 3.05) is 73.6 Å². The summed E-state index contributed by atoms with van der Waals surface area (Å²) in [4.78, 5) is 31.4. The second kappa shape index (κ2) is 11.6. The fraction of sp³-hybridized carbons (Fsp3) is 0.542. The van der Waals surface area contributed by atoms with Gasteiger partial charge < -0.3 is 14.7 Å². The zero-order valence-corrected chi connectivity index (χ0v) is 21.3. The predicted molar refractivity (Wildman–Crippen MR) is 136 cm³/mol. The molecule has 1 aromatic carbocycles. The van der Waals surface area contributed by atoms with Gasteiger partial charge in [-0.1, -0.05) is 28.1 Å². The number of ketones is 1. The van der Waals surface area contributed by atoms with E-state index in [1.807, 2.05) is 24.3 Å². The van der Waals surface area contributed by atoms with E-state index in [0.29, 0.717) is 6.54 Å². The molecule has 1 aromatic heterocycles. The number of piperazine rings is 1. The van der Waals surface area contributed by atoms with Crippen LogP contribution < -0.4 is 14.7 Å². The van der Waals surface area contributed by atoms with E-state index in [1.54, 1.807) is 0 Å². The van der Waals surface area contributed by atoms with E-state index >= 15 is 0 Å². The molecular weight excluding hydrogens is 468 g/mol. The maximum absolute atomic E-state index is 12.6. The van der Waals surface area contributed by atoms with Crippen molar-refractivity contribution in [1.29, 1.82) is 0 Å². The number of hydrogen-bond donors (Lipinski definition) is 0. The van der Waals surface area contributed by atoms with Crippen LogP contribution in [-0.4, -0.2) is 79.6 Å². The van der Waals surface area contributed by atoms with Crippen molar-refractivity contribution in [3.63, 3.8) is 0 Å². The Kier molecular flexibility index (Phi) is 8.87.